The Morgan fingerprint density at radius 2 is 1.93 bits per heavy atom. The van der Waals surface area contributed by atoms with E-state index in [0.29, 0.717) is 12.1 Å². The van der Waals surface area contributed by atoms with E-state index < -0.39 is 0 Å². The summed E-state index contributed by atoms with van der Waals surface area (Å²) in [6, 6.07) is 0. The Balaban J connectivity index is 2.31. The van der Waals surface area contributed by atoms with Crippen molar-refractivity contribution in [3.8, 4) is 0 Å². The lowest BCUT2D eigenvalue weighted by atomic mass is 10.2. The van der Waals surface area contributed by atoms with Crippen LogP contribution in [0, 0.1) is 0 Å². The van der Waals surface area contributed by atoms with E-state index >= 15 is 0 Å². The van der Waals surface area contributed by atoms with Gasteiger partial charge < -0.3 is 9.64 Å². The fraction of sp³-hybridized carbons (Fsp3) is 0.700. The maximum atomic E-state index is 11.1. The van der Waals surface area contributed by atoms with Crippen molar-refractivity contribution < 1.29 is 9.53 Å². The van der Waals surface area contributed by atoms with Crippen molar-refractivity contribution in [3.05, 3.63) is 12.2 Å². The summed E-state index contributed by atoms with van der Waals surface area (Å²) in [5, 5.41) is 0. The molecule has 1 aliphatic rings. The summed E-state index contributed by atoms with van der Waals surface area (Å²) in [6.45, 7) is 8.42. The molecule has 80 valence electrons. The molecule has 4 nitrogen and oxygen atoms in total. The molecule has 0 atom stereocenters. The first kappa shape index (κ1) is 11.2. The first-order chi connectivity index (χ1) is 6.63. The molecule has 1 heterocycles. The summed E-state index contributed by atoms with van der Waals surface area (Å²) in [5.74, 6) is -0.302. The number of hydrogen-bond acceptors (Lipinski definition) is 4. The van der Waals surface area contributed by atoms with Crippen LogP contribution in [0.3, 0.4) is 0 Å². The minimum absolute atomic E-state index is 0.302. The van der Waals surface area contributed by atoms with Crippen LogP contribution in [0.1, 0.15) is 0 Å². The fourth-order valence-corrected chi connectivity index (χ4v) is 1.48. The number of esters is 1. The summed E-state index contributed by atoms with van der Waals surface area (Å²) >= 11 is 0. The Hall–Kier alpha value is -0.870. The number of nitrogens with zero attached hydrogens (tertiary/aromatic N) is 2. The van der Waals surface area contributed by atoms with Gasteiger partial charge in [-0.3, -0.25) is 4.90 Å². The van der Waals surface area contributed by atoms with Crippen molar-refractivity contribution in [2.75, 3.05) is 46.9 Å². The van der Waals surface area contributed by atoms with Crippen LogP contribution in [0.4, 0.5) is 0 Å². The van der Waals surface area contributed by atoms with Crippen molar-refractivity contribution in [2.24, 2.45) is 0 Å². The zero-order valence-electron chi connectivity index (χ0n) is 8.95. The molecule has 14 heavy (non-hydrogen) atoms. The average Bonchev–Trinajstić information content (AvgIpc) is 2.20. The fourth-order valence-electron chi connectivity index (χ4n) is 1.48. The Kier molecular flexibility index (Phi) is 4.10. The molecule has 0 aliphatic carbocycles. The van der Waals surface area contributed by atoms with Crippen molar-refractivity contribution in [3.63, 3.8) is 0 Å². The summed E-state index contributed by atoms with van der Waals surface area (Å²) < 4.78 is 4.60. The third-order valence-corrected chi connectivity index (χ3v) is 2.48. The molecule has 0 spiro atoms. The molecule has 1 aliphatic heterocycles. The monoisotopic (exact) mass is 198 g/mol. The molecule has 1 saturated heterocycles. The molecule has 0 N–H and O–H groups in total. The zero-order chi connectivity index (χ0) is 10.6. The van der Waals surface area contributed by atoms with Gasteiger partial charge >= 0.3 is 5.97 Å². The molecule has 0 aromatic rings. The van der Waals surface area contributed by atoms with Gasteiger partial charge in [0.15, 0.2) is 0 Å². The van der Waals surface area contributed by atoms with E-state index in [1.54, 1.807) is 0 Å². The van der Waals surface area contributed by atoms with Crippen LogP contribution in [0.5, 0.6) is 0 Å². The van der Waals surface area contributed by atoms with Gasteiger partial charge in [0.1, 0.15) is 0 Å². The van der Waals surface area contributed by atoms with Gasteiger partial charge in [-0.25, -0.2) is 4.79 Å². The summed E-state index contributed by atoms with van der Waals surface area (Å²) in [5.41, 5.74) is 0.539. The number of carbonyl (C=O) groups is 1. The minimum Gasteiger partial charge on any atom is -0.466 e. The number of hydrogen-bond donors (Lipinski definition) is 0. The zero-order valence-corrected chi connectivity index (χ0v) is 8.95. The normalized spacial score (nSPS) is 19.3. The van der Waals surface area contributed by atoms with E-state index in [0.717, 1.165) is 26.2 Å². The van der Waals surface area contributed by atoms with Gasteiger partial charge in [0, 0.05) is 38.3 Å². The Morgan fingerprint density at radius 1 is 1.36 bits per heavy atom. The number of methoxy groups -OCH3 is 1. The van der Waals surface area contributed by atoms with Crippen molar-refractivity contribution in [2.45, 2.75) is 0 Å². The quantitative estimate of drug-likeness (QED) is 0.471. The SMILES string of the molecule is C=C(CN1CCN(C)CC1)C(=O)OC. The molecular formula is C10H18N2O2. The van der Waals surface area contributed by atoms with Crippen molar-refractivity contribution in [1.82, 2.24) is 9.80 Å². The number of piperazine rings is 1. The predicted octanol–water partition coefficient (Wildman–Crippen LogP) is -0.0370. The molecule has 0 amide bonds. The second kappa shape index (κ2) is 5.12. The smallest absolute Gasteiger partial charge is 0.334 e. The van der Waals surface area contributed by atoms with Crippen LogP contribution in [0.15, 0.2) is 12.2 Å². The first-order valence-corrected chi connectivity index (χ1v) is 4.80. The average molecular weight is 198 g/mol. The number of ether oxygens (including phenoxy) is 1. The van der Waals surface area contributed by atoms with Crippen LogP contribution < -0.4 is 0 Å². The maximum absolute atomic E-state index is 11.1. The highest BCUT2D eigenvalue weighted by Crippen LogP contribution is 2.03. The maximum Gasteiger partial charge on any atom is 0.334 e. The van der Waals surface area contributed by atoms with E-state index in [4.69, 9.17) is 0 Å². The highest BCUT2D eigenvalue weighted by molar-refractivity contribution is 5.88. The number of rotatable bonds is 3. The molecule has 0 aromatic carbocycles. The van der Waals surface area contributed by atoms with Gasteiger partial charge in [0.2, 0.25) is 0 Å². The van der Waals surface area contributed by atoms with Crippen LogP contribution in [0.2, 0.25) is 0 Å². The molecule has 1 fully saturated rings. The van der Waals surface area contributed by atoms with E-state index in [1.165, 1.54) is 7.11 Å². The Labute approximate surface area is 85.1 Å². The summed E-state index contributed by atoms with van der Waals surface area (Å²) in [4.78, 5) is 15.6. The summed E-state index contributed by atoms with van der Waals surface area (Å²) in [7, 11) is 3.49. The van der Waals surface area contributed by atoms with Gasteiger partial charge in [-0.2, -0.15) is 0 Å². The van der Waals surface area contributed by atoms with Crippen LogP contribution in [-0.4, -0.2) is 62.7 Å². The van der Waals surface area contributed by atoms with E-state index in [2.05, 4.69) is 28.2 Å². The van der Waals surface area contributed by atoms with Gasteiger partial charge in [-0.05, 0) is 7.05 Å². The molecular weight excluding hydrogens is 180 g/mol. The summed E-state index contributed by atoms with van der Waals surface area (Å²) in [6.07, 6.45) is 0. The molecule has 1 rings (SSSR count). The Bertz CT molecular complexity index is 220. The molecule has 0 radical (unpaired) electrons. The second-order valence-corrected chi connectivity index (χ2v) is 3.67. The second-order valence-electron chi connectivity index (χ2n) is 3.67. The largest absolute Gasteiger partial charge is 0.466 e. The van der Waals surface area contributed by atoms with Crippen LogP contribution in [0.25, 0.3) is 0 Å². The van der Waals surface area contributed by atoms with Gasteiger partial charge in [0.05, 0.1) is 7.11 Å². The molecule has 4 heteroatoms. The predicted molar refractivity (Wildman–Crippen MR) is 55.1 cm³/mol. The third-order valence-electron chi connectivity index (χ3n) is 2.48. The molecule has 0 bridgehead atoms. The molecule has 0 aromatic heterocycles. The lowest BCUT2D eigenvalue weighted by Gasteiger charge is -2.32. The third kappa shape index (κ3) is 3.12. The van der Waals surface area contributed by atoms with E-state index in [1.807, 2.05) is 0 Å². The number of carbonyl (C=O) groups excluding carboxylic acids is 1. The number of likely N-dealkylation sites (N-methyl/N-ethyl adjacent to an activating group) is 1. The van der Waals surface area contributed by atoms with Crippen LogP contribution in [-0.2, 0) is 9.53 Å². The van der Waals surface area contributed by atoms with Gasteiger partial charge in [-0.1, -0.05) is 6.58 Å². The van der Waals surface area contributed by atoms with E-state index in [-0.39, 0.29) is 5.97 Å². The highest BCUT2D eigenvalue weighted by Gasteiger charge is 2.16. The first-order valence-electron chi connectivity index (χ1n) is 4.80. The standard InChI is InChI=1S/C10H18N2O2/c1-9(10(13)14-3)8-12-6-4-11(2)5-7-12/h1,4-8H2,2-3H3. The topological polar surface area (TPSA) is 32.8 Å². The van der Waals surface area contributed by atoms with Crippen LogP contribution >= 0.6 is 0 Å². The van der Waals surface area contributed by atoms with Crippen molar-refractivity contribution in [1.29, 1.82) is 0 Å². The Morgan fingerprint density at radius 3 is 2.43 bits per heavy atom. The van der Waals surface area contributed by atoms with Gasteiger partial charge in [0.25, 0.3) is 0 Å². The van der Waals surface area contributed by atoms with Crippen molar-refractivity contribution >= 4 is 5.97 Å². The molecule has 0 saturated carbocycles. The lowest BCUT2D eigenvalue weighted by molar-refractivity contribution is -0.136. The molecule has 0 unspecified atom stereocenters. The highest BCUT2D eigenvalue weighted by atomic mass is 16.5. The lowest BCUT2D eigenvalue weighted by Crippen LogP contribution is -2.45. The minimum atomic E-state index is -0.302. The van der Waals surface area contributed by atoms with Gasteiger partial charge in [-0.15, -0.1) is 0 Å². The van der Waals surface area contributed by atoms with E-state index in [9.17, 15) is 4.79 Å².